The highest BCUT2D eigenvalue weighted by Crippen LogP contribution is 2.32. The number of aromatic nitrogens is 1. The van der Waals surface area contributed by atoms with E-state index in [4.69, 9.17) is 4.74 Å². The minimum atomic E-state index is 0.00899. The van der Waals surface area contributed by atoms with Gasteiger partial charge in [0.1, 0.15) is 0 Å². The Labute approximate surface area is 127 Å². The van der Waals surface area contributed by atoms with E-state index in [1.165, 1.54) is 37.8 Å². The van der Waals surface area contributed by atoms with Gasteiger partial charge >= 0.3 is 0 Å². The molecule has 0 radical (unpaired) electrons. The Balaban J connectivity index is 2.16. The van der Waals surface area contributed by atoms with Crippen LogP contribution in [0.2, 0.25) is 0 Å². The molecule has 1 N–H and O–H groups in total. The maximum absolute atomic E-state index is 12.4. The van der Waals surface area contributed by atoms with E-state index in [1.807, 2.05) is 13.0 Å². The van der Waals surface area contributed by atoms with Crippen LogP contribution in [0.15, 0.2) is 6.07 Å². The third-order valence-electron chi connectivity index (χ3n) is 4.46. The lowest BCUT2D eigenvalue weighted by Gasteiger charge is -2.26. The van der Waals surface area contributed by atoms with Crippen molar-refractivity contribution in [3.05, 3.63) is 23.0 Å². The maximum atomic E-state index is 12.4. The summed E-state index contributed by atoms with van der Waals surface area (Å²) in [6.07, 6.45) is 6.41. The van der Waals surface area contributed by atoms with E-state index in [9.17, 15) is 4.79 Å². The van der Waals surface area contributed by atoms with E-state index >= 15 is 0 Å². The molecular weight excluding hydrogens is 264 g/mol. The van der Waals surface area contributed by atoms with Gasteiger partial charge in [0, 0.05) is 30.6 Å². The molecule has 1 aliphatic carbocycles. The van der Waals surface area contributed by atoms with Gasteiger partial charge in [0.2, 0.25) is 0 Å². The predicted octanol–water partition coefficient (Wildman–Crippen LogP) is 3.37. The summed E-state index contributed by atoms with van der Waals surface area (Å²) in [7, 11) is 1.65. The van der Waals surface area contributed by atoms with Gasteiger partial charge in [0.15, 0.2) is 0 Å². The number of aryl methyl sites for hydroxylation is 1. The van der Waals surface area contributed by atoms with E-state index in [2.05, 4.69) is 23.7 Å². The zero-order chi connectivity index (χ0) is 15.4. The normalized spacial score (nSPS) is 17.7. The fraction of sp³-hybridized carbons (Fsp3) is 0.706. The van der Waals surface area contributed by atoms with Crippen LogP contribution in [0.4, 0.5) is 0 Å². The molecule has 0 aliphatic heterocycles. The second-order valence-electron chi connectivity index (χ2n) is 6.28. The summed E-state index contributed by atoms with van der Waals surface area (Å²) in [5.41, 5.74) is 3.10. The molecule has 0 spiro atoms. The third kappa shape index (κ3) is 3.67. The Bertz CT molecular complexity index is 487. The molecule has 4 heteroatoms. The van der Waals surface area contributed by atoms with E-state index in [0.29, 0.717) is 12.6 Å². The van der Waals surface area contributed by atoms with Gasteiger partial charge in [0.25, 0.3) is 5.91 Å². The number of amides is 1. The average molecular weight is 292 g/mol. The lowest BCUT2D eigenvalue weighted by atomic mass is 9.95. The number of carbonyl (C=O) groups is 1. The molecule has 2 rings (SSSR count). The molecule has 1 saturated carbocycles. The molecule has 4 nitrogen and oxygen atoms in total. The quantitative estimate of drug-likeness (QED) is 0.904. The standard InChI is InChI=1S/C17H28N2O2/c1-12(11-21-4)18-17(20)16-10-13(2)19(14(16)3)15-8-6-5-7-9-15/h10,12,15H,5-9,11H2,1-4H3,(H,18,20). The van der Waals surface area contributed by atoms with Crippen LogP contribution in [0, 0.1) is 13.8 Å². The Morgan fingerprint density at radius 3 is 2.67 bits per heavy atom. The molecule has 1 atom stereocenters. The Hall–Kier alpha value is -1.29. The van der Waals surface area contributed by atoms with Crippen LogP contribution in [0.25, 0.3) is 0 Å². The number of rotatable bonds is 5. The molecule has 1 amide bonds. The smallest absolute Gasteiger partial charge is 0.253 e. The number of carbonyl (C=O) groups excluding carboxylic acids is 1. The SMILES string of the molecule is COCC(C)NC(=O)c1cc(C)n(C2CCCCC2)c1C. The summed E-state index contributed by atoms with van der Waals surface area (Å²) in [4.78, 5) is 12.4. The Kier molecular flexibility index (Phi) is 5.45. The van der Waals surface area contributed by atoms with E-state index in [1.54, 1.807) is 7.11 Å². The highest BCUT2D eigenvalue weighted by molar-refractivity contribution is 5.95. The molecule has 0 bridgehead atoms. The van der Waals surface area contributed by atoms with E-state index in [0.717, 1.165) is 11.3 Å². The van der Waals surface area contributed by atoms with E-state index in [-0.39, 0.29) is 11.9 Å². The molecule has 1 heterocycles. The summed E-state index contributed by atoms with van der Waals surface area (Å²) < 4.78 is 7.44. The number of ether oxygens (including phenoxy) is 1. The first kappa shape index (κ1) is 16.1. The number of methoxy groups -OCH3 is 1. The zero-order valence-corrected chi connectivity index (χ0v) is 13.7. The first-order chi connectivity index (χ1) is 10.0. The molecule has 0 aromatic carbocycles. The van der Waals surface area contributed by atoms with Crippen molar-refractivity contribution in [2.75, 3.05) is 13.7 Å². The Morgan fingerprint density at radius 1 is 1.38 bits per heavy atom. The fourth-order valence-corrected chi connectivity index (χ4v) is 3.50. The first-order valence-corrected chi connectivity index (χ1v) is 8.02. The van der Waals surface area contributed by atoms with Gasteiger partial charge in [-0.25, -0.2) is 0 Å². The molecule has 21 heavy (non-hydrogen) atoms. The highest BCUT2D eigenvalue weighted by atomic mass is 16.5. The number of hydrogen-bond donors (Lipinski definition) is 1. The van der Waals surface area contributed by atoms with Gasteiger partial charge < -0.3 is 14.6 Å². The van der Waals surface area contributed by atoms with Crippen molar-refractivity contribution in [3.63, 3.8) is 0 Å². The van der Waals surface area contributed by atoms with Crippen LogP contribution in [-0.4, -0.2) is 30.2 Å². The zero-order valence-electron chi connectivity index (χ0n) is 13.7. The second kappa shape index (κ2) is 7.12. The topological polar surface area (TPSA) is 43.3 Å². The van der Waals surface area contributed by atoms with Gasteiger partial charge in [-0.15, -0.1) is 0 Å². The molecule has 1 fully saturated rings. The highest BCUT2D eigenvalue weighted by Gasteiger charge is 2.23. The van der Waals surface area contributed by atoms with Crippen LogP contribution in [0.3, 0.4) is 0 Å². The summed E-state index contributed by atoms with van der Waals surface area (Å²) in [6, 6.07) is 2.62. The number of nitrogens with one attached hydrogen (secondary N) is 1. The van der Waals surface area contributed by atoms with Crippen molar-refractivity contribution in [1.29, 1.82) is 0 Å². The average Bonchev–Trinajstić information content (AvgIpc) is 2.75. The summed E-state index contributed by atoms with van der Waals surface area (Å²) in [6.45, 7) is 6.67. The summed E-state index contributed by atoms with van der Waals surface area (Å²) in [5, 5.41) is 3.00. The maximum Gasteiger partial charge on any atom is 0.253 e. The molecular formula is C17H28N2O2. The molecule has 1 aromatic heterocycles. The van der Waals surface area contributed by atoms with E-state index < -0.39 is 0 Å². The second-order valence-corrected chi connectivity index (χ2v) is 6.28. The molecule has 1 unspecified atom stereocenters. The number of nitrogens with zero attached hydrogens (tertiary/aromatic N) is 1. The van der Waals surface area contributed by atoms with Crippen LogP contribution in [0.5, 0.6) is 0 Å². The van der Waals surface area contributed by atoms with Gasteiger partial charge in [-0.3, -0.25) is 4.79 Å². The Morgan fingerprint density at radius 2 is 2.05 bits per heavy atom. The van der Waals surface area contributed by atoms with Crippen molar-refractivity contribution in [2.24, 2.45) is 0 Å². The van der Waals surface area contributed by atoms with Gasteiger partial charge in [-0.1, -0.05) is 19.3 Å². The first-order valence-electron chi connectivity index (χ1n) is 8.02. The lowest BCUT2D eigenvalue weighted by Crippen LogP contribution is -2.35. The van der Waals surface area contributed by atoms with Gasteiger partial charge in [-0.05, 0) is 39.7 Å². The van der Waals surface area contributed by atoms with Crippen LogP contribution < -0.4 is 5.32 Å². The van der Waals surface area contributed by atoms with Crippen LogP contribution in [-0.2, 0) is 4.74 Å². The van der Waals surface area contributed by atoms with Crippen molar-refractivity contribution >= 4 is 5.91 Å². The fourth-order valence-electron chi connectivity index (χ4n) is 3.50. The third-order valence-corrected chi connectivity index (χ3v) is 4.46. The minimum Gasteiger partial charge on any atom is -0.383 e. The van der Waals surface area contributed by atoms with Crippen LogP contribution >= 0.6 is 0 Å². The molecule has 1 aliphatic rings. The largest absolute Gasteiger partial charge is 0.383 e. The van der Waals surface area contributed by atoms with Crippen molar-refractivity contribution in [1.82, 2.24) is 9.88 Å². The number of hydrogen-bond acceptors (Lipinski definition) is 2. The lowest BCUT2D eigenvalue weighted by molar-refractivity contribution is 0.0904. The van der Waals surface area contributed by atoms with Crippen molar-refractivity contribution in [3.8, 4) is 0 Å². The van der Waals surface area contributed by atoms with Crippen LogP contribution in [0.1, 0.15) is 66.8 Å². The molecule has 0 saturated heterocycles. The van der Waals surface area contributed by atoms with Crippen molar-refractivity contribution < 1.29 is 9.53 Å². The minimum absolute atomic E-state index is 0.00899. The summed E-state index contributed by atoms with van der Waals surface area (Å²) >= 11 is 0. The van der Waals surface area contributed by atoms with Gasteiger partial charge in [-0.2, -0.15) is 0 Å². The molecule has 1 aromatic rings. The summed E-state index contributed by atoms with van der Waals surface area (Å²) in [5.74, 6) is 0.00899. The predicted molar refractivity (Wildman–Crippen MR) is 84.8 cm³/mol. The van der Waals surface area contributed by atoms with Gasteiger partial charge in [0.05, 0.1) is 12.2 Å². The molecule has 118 valence electrons. The van der Waals surface area contributed by atoms with Crippen molar-refractivity contribution in [2.45, 2.75) is 65.0 Å². The monoisotopic (exact) mass is 292 g/mol.